The van der Waals surface area contributed by atoms with Crippen molar-refractivity contribution in [1.29, 1.82) is 0 Å². The Morgan fingerprint density at radius 2 is 2.12 bits per heavy atom. The third-order valence-corrected chi connectivity index (χ3v) is 6.82. The van der Waals surface area contributed by atoms with E-state index in [0.717, 1.165) is 40.4 Å². The van der Waals surface area contributed by atoms with Crippen LogP contribution in [-0.4, -0.2) is 47.7 Å². The predicted octanol–water partition coefficient (Wildman–Crippen LogP) is 5.30. The van der Waals surface area contributed by atoms with E-state index in [2.05, 4.69) is 32.0 Å². The number of nitrogens with one attached hydrogen (secondary N) is 1. The van der Waals surface area contributed by atoms with E-state index in [1.165, 1.54) is 29.0 Å². The van der Waals surface area contributed by atoms with Crippen LogP contribution in [0.1, 0.15) is 28.7 Å². The molecule has 0 fully saturated rings. The van der Waals surface area contributed by atoms with E-state index in [-0.39, 0.29) is 11.8 Å². The van der Waals surface area contributed by atoms with E-state index < -0.39 is 0 Å². The van der Waals surface area contributed by atoms with Crippen LogP contribution in [-0.2, 0) is 4.74 Å². The number of benzene rings is 1. The molecule has 1 aliphatic heterocycles. The highest BCUT2D eigenvalue weighted by molar-refractivity contribution is 7.17. The van der Waals surface area contributed by atoms with Gasteiger partial charge in [-0.3, -0.25) is 0 Å². The number of methoxy groups -OCH3 is 1. The third kappa shape index (κ3) is 4.14. The molecule has 7 nitrogen and oxygen atoms in total. The van der Waals surface area contributed by atoms with Crippen molar-refractivity contribution >= 4 is 39.0 Å². The van der Waals surface area contributed by atoms with Crippen molar-refractivity contribution in [2.24, 2.45) is 0 Å². The first-order valence-electron chi connectivity index (χ1n) is 11.0. The number of pyridine rings is 1. The van der Waals surface area contributed by atoms with Gasteiger partial charge in [0.05, 0.1) is 19.9 Å². The normalized spacial score (nSPS) is 13.7. The van der Waals surface area contributed by atoms with Gasteiger partial charge < -0.3 is 19.4 Å². The van der Waals surface area contributed by atoms with Crippen LogP contribution < -0.4 is 9.64 Å². The Morgan fingerprint density at radius 3 is 2.88 bits per heavy atom. The number of aromatic amines is 1. The molecule has 4 heterocycles. The monoisotopic (exact) mass is 478 g/mol. The van der Waals surface area contributed by atoms with Gasteiger partial charge >= 0.3 is 5.97 Å². The Balaban J connectivity index is 1.41. The number of hydrogen-bond donors (Lipinski definition) is 1. The molecule has 1 aliphatic rings. The van der Waals surface area contributed by atoms with Gasteiger partial charge in [-0.1, -0.05) is 17.4 Å². The van der Waals surface area contributed by atoms with Crippen molar-refractivity contribution in [1.82, 2.24) is 15.0 Å². The Hall–Kier alpha value is -3.72. The van der Waals surface area contributed by atoms with Crippen LogP contribution in [0.4, 0.5) is 9.52 Å². The van der Waals surface area contributed by atoms with Gasteiger partial charge in [0.25, 0.3) is 0 Å². The molecule has 3 aromatic heterocycles. The van der Waals surface area contributed by atoms with Crippen LogP contribution >= 0.6 is 11.3 Å². The molecule has 0 saturated heterocycles. The van der Waals surface area contributed by atoms with E-state index in [1.54, 1.807) is 32.5 Å². The number of rotatable bonds is 6. The largest absolute Gasteiger partial charge is 0.496 e. The molecule has 0 spiro atoms. The summed E-state index contributed by atoms with van der Waals surface area (Å²) < 4.78 is 24.5. The smallest absolute Gasteiger partial charge is 0.350 e. The number of ether oxygens (including phenoxy) is 2. The van der Waals surface area contributed by atoms with Crippen molar-refractivity contribution in [2.45, 2.75) is 13.3 Å². The third-order valence-electron chi connectivity index (χ3n) is 5.78. The zero-order chi connectivity index (χ0) is 23.7. The molecule has 0 saturated carbocycles. The minimum Gasteiger partial charge on any atom is -0.496 e. The molecule has 0 atom stereocenters. The Kier molecular flexibility index (Phi) is 6.02. The highest BCUT2D eigenvalue weighted by Crippen LogP contribution is 2.37. The minimum absolute atomic E-state index is 0.320. The number of carbonyl (C=O) groups is 1. The van der Waals surface area contributed by atoms with Gasteiger partial charge in [0.1, 0.15) is 22.1 Å². The molecule has 4 aromatic rings. The van der Waals surface area contributed by atoms with Crippen molar-refractivity contribution in [3.63, 3.8) is 0 Å². The molecular formula is C25H23FN4O3S. The summed E-state index contributed by atoms with van der Waals surface area (Å²) in [6.45, 7) is 3.58. The number of fused-ring (bicyclic) bond motifs is 1. The molecule has 1 aromatic carbocycles. The van der Waals surface area contributed by atoms with Gasteiger partial charge in [-0.05, 0) is 54.8 Å². The van der Waals surface area contributed by atoms with E-state index in [9.17, 15) is 9.18 Å². The molecule has 174 valence electrons. The van der Waals surface area contributed by atoms with E-state index in [4.69, 9.17) is 9.47 Å². The van der Waals surface area contributed by atoms with Crippen LogP contribution in [0, 0.1) is 5.82 Å². The highest BCUT2D eigenvalue weighted by atomic mass is 32.1. The van der Waals surface area contributed by atoms with Gasteiger partial charge in [0.15, 0.2) is 5.13 Å². The zero-order valence-electron chi connectivity index (χ0n) is 18.8. The molecule has 34 heavy (non-hydrogen) atoms. The van der Waals surface area contributed by atoms with Crippen LogP contribution in [0.15, 0.2) is 48.8 Å². The Labute approximate surface area is 199 Å². The average molecular weight is 479 g/mol. The van der Waals surface area contributed by atoms with Crippen molar-refractivity contribution in [3.8, 4) is 16.9 Å². The minimum atomic E-state index is -0.337. The first kappa shape index (κ1) is 22.1. The second-order valence-electron chi connectivity index (χ2n) is 7.80. The number of anilines is 1. The van der Waals surface area contributed by atoms with E-state index >= 15 is 0 Å². The lowest BCUT2D eigenvalue weighted by Crippen LogP contribution is -2.28. The number of thiazole rings is 1. The van der Waals surface area contributed by atoms with E-state index in [1.807, 2.05) is 6.07 Å². The lowest BCUT2D eigenvalue weighted by Gasteiger charge is -2.25. The fourth-order valence-electron chi connectivity index (χ4n) is 4.12. The van der Waals surface area contributed by atoms with Crippen LogP contribution in [0.2, 0.25) is 0 Å². The summed E-state index contributed by atoms with van der Waals surface area (Å²) in [5.41, 5.74) is 4.44. The molecule has 0 unspecified atom stereocenters. The number of esters is 1. The van der Waals surface area contributed by atoms with Crippen LogP contribution in [0.3, 0.4) is 0 Å². The van der Waals surface area contributed by atoms with Gasteiger partial charge in [-0.15, -0.1) is 0 Å². The Morgan fingerprint density at radius 1 is 1.24 bits per heavy atom. The standard InChI is InChI=1S/C25H23FN4O3S/c1-3-33-24(31)22-14-28-25(34-22)30-10-7-15(8-11-30)20-13-19-17(6-9-27-23(19)29-20)18-12-16(26)4-5-21(18)32-2/h4-7,9,12-14H,3,8,10-11H2,1-2H3,(H,27,29). The summed E-state index contributed by atoms with van der Waals surface area (Å²) in [7, 11) is 1.58. The lowest BCUT2D eigenvalue weighted by atomic mass is 10.0. The maximum atomic E-state index is 14.0. The first-order chi connectivity index (χ1) is 16.6. The predicted molar refractivity (Wildman–Crippen MR) is 131 cm³/mol. The topological polar surface area (TPSA) is 80.3 Å². The lowest BCUT2D eigenvalue weighted by molar-refractivity contribution is 0.0532. The first-order valence-corrected chi connectivity index (χ1v) is 11.8. The number of carbonyl (C=O) groups excluding carboxylic acids is 1. The second-order valence-corrected chi connectivity index (χ2v) is 8.81. The van der Waals surface area contributed by atoms with E-state index in [0.29, 0.717) is 29.3 Å². The summed E-state index contributed by atoms with van der Waals surface area (Å²) in [5.74, 6) is -0.0505. The summed E-state index contributed by atoms with van der Waals surface area (Å²) in [4.78, 5) is 26.9. The van der Waals surface area contributed by atoms with Crippen molar-refractivity contribution < 1.29 is 18.7 Å². The second kappa shape index (κ2) is 9.26. The number of nitrogens with zero attached hydrogens (tertiary/aromatic N) is 3. The quantitative estimate of drug-likeness (QED) is 0.379. The van der Waals surface area contributed by atoms with Crippen LogP contribution in [0.25, 0.3) is 27.7 Å². The Bertz CT molecular complexity index is 1390. The summed E-state index contributed by atoms with van der Waals surface area (Å²) >= 11 is 1.34. The van der Waals surface area contributed by atoms with Crippen LogP contribution in [0.5, 0.6) is 5.75 Å². The fourth-order valence-corrected chi connectivity index (χ4v) is 4.97. The number of halogens is 1. The maximum absolute atomic E-state index is 14.0. The van der Waals surface area contributed by atoms with Crippen molar-refractivity contribution in [2.75, 3.05) is 31.7 Å². The van der Waals surface area contributed by atoms with Gasteiger partial charge in [0.2, 0.25) is 0 Å². The summed E-state index contributed by atoms with van der Waals surface area (Å²) in [6, 6.07) is 8.44. The zero-order valence-corrected chi connectivity index (χ0v) is 19.6. The SMILES string of the molecule is CCOC(=O)c1cnc(N2CC=C(c3cc4c(-c5cc(F)ccc5OC)ccnc4[nH]3)CC2)s1. The fraction of sp³-hybridized carbons (Fsp3) is 0.240. The summed E-state index contributed by atoms with van der Waals surface area (Å²) in [5, 5.41) is 1.71. The highest BCUT2D eigenvalue weighted by Gasteiger charge is 2.20. The number of hydrogen-bond acceptors (Lipinski definition) is 7. The van der Waals surface area contributed by atoms with Gasteiger partial charge in [0, 0.05) is 35.9 Å². The number of aromatic nitrogens is 3. The van der Waals surface area contributed by atoms with Crippen molar-refractivity contribution in [3.05, 3.63) is 65.2 Å². The molecular weight excluding hydrogens is 455 g/mol. The number of H-pyrrole nitrogens is 1. The van der Waals surface area contributed by atoms with Gasteiger partial charge in [-0.2, -0.15) is 0 Å². The molecule has 0 amide bonds. The molecule has 9 heteroatoms. The molecule has 0 radical (unpaired) electrons. The molecule has 1 N–H and O–H groups in total. The van der Waals surface area contributed by atoms with Gasteiger partial charge in [-0.25, -0.2) is 19.2 Å². The summed E-state index contributed by atoms with van der Waals surface area (Å²) in [6.07, 6.45) is 6.24. The molecule has 5 rings (SSSR count). The maximum Gasteiger partial charge on any atom is 0.350 e. The molecule has 0 bridgehead atoms. The molecule has 0 aliphatic carbocycles. The average Bonchev–Trinajstić information content (AvgIpc) is 3.52.